The molecule has 0 unspecified atom stereocenters. The molecular formula is C25H20FNO3. The van der Waals surface area contributed by atoms with Crippen molar-refractivity contribution in [3.63, 3.8) is 0 Å². The fourth-order valence-corrected chi connectivity index (χ4v) is 3.37. The molecular weight excluding hydrogens is 381 g/mol. The lowest BCUT2D eigenvalue weighted by molar-refractivity contribution is 0.0697. The Morgan fingerprint density at radius 1 is 0.933 bits per heavy atom. The van der Waals surface area contributed by atoms with Gasteiger partial charge < -0.3 is 15.2 Å². The summed E-state index contributed by atoms with van der Waals surface area (Å²) in [5.41, 5.74) is 2.63. The molecule has 0 heterocycles. The lowest BCUT2D eigenvalue weighted by Gasteiger charge is -2.16. The number of nitrogens with one attached hydrogen (secondary N) is 1. The monoisotopic (exact) mass is 401 g/mol. The van der Waals surface area contributed by atoms with Crippen LogP contribution in [0.4, 0.5) is 10.1 Å². The number of benzene rings is 4. The second-order valence-corrected chi connectivity index (χ2v) is 6.92. The number of fused-ring (bicyclic) bond motifs is 1. The molecule has 30 heavy (non-hydrogen) atoms. The number of aromatic carboxylic acids is 1. The van der Waals surface area contributed by atoms with Gasteiger partial charge >= 0.3 is 5.97 Å². The van der Waals surface area contributed by atoms with E-state index in [1.54, 1.807) is 24.3 Å². The van der Waals surface area contributed by atoms with Gasteiger partial charge in [0.2, 0.25) is 0 Å². The molecule has 0 aliphatic rings. The van der Waals surface area contributed by atoms with Gasteiger partial charge in [-0.2, -0.15) is 0 Å². The molecule has 4 aromatic rings. The number of hydrogen-bond acceptors (Lipinski definition) is 3. The zero-order chi connectivity index (χ0) is 20.9. The molecule has 0 saturated heterocycles. The smallest absolute Gasteiger partial charge is 0.335 e. The Hall–Kier alpha value is -3.86. The highest BCUT2D eigenvalue weighted by Crippen LogP contribution is 2.30. The number of carboxylic acids is 1. The lowest BCUT2D eigenvalue weighted by atomic mass is 10.0. The molecule has 0 radical (unpaired) electrons. The molecule has 4 nitrogen and oxygen atoms in total. The van der Waals surface area contributed by atoms with Gasteiger partial charge in [0.25, 0.3) is 0 Å². The van der Waals surface area contributed by atoms with Crippen LogP contribution in [0.25, 0.3) is 10.8 Å². The average molecular weight is 401 g/mol. The Balaban J connectivity index is 1.62. The van der Waals surface area contributed by atoms with Crippen molar-refractivity contribution in [2.24, 2.45) is 0 Å². The fourth-order valence-electron chi connectivity index (χ4n) is 3.37. The first-order valence-corrected chi connectivity index (χ1v) is 9.55. The summed E-state index contributed by atoms with van der Waals surface area (Å²) in [6.45, 7) is 0.695. The van der Waals surface area contributed by atoms with Crippen molar-refractivity contribution < 1.29 is 19.0 Å². The SMILES string of the molecule is O=C(O)c1cccc(NCc2c(OCc3cccc(F)c3)ccc3ccccc23)c1. The first-order valence-electron chi connectivity index (χ1n) is 9.55. The molecule has 0 bridgehead atoms. The summed E-state index contributed by atoms with van der Waals surface area (Å²) in [7, 11) is 0. The molecule has 0 aliphatic heterocycles. The molecule has 0 amide bonds. The van der Waals surface area contributed by atoms with Crippen molar-refractivity contribution in [1.29, 1.82) is 0 Å². The molecule has 0 atom stereocenters. The zero-order valence-corrected chi connectivity index (χ0v) is 16.1. The van der Waals surface area contributed by atoms with Crippen LogP contribution in [0, 0.1) is 5.82 Å². The predicted octanol–water partition coefficient (Wildman–Crippen LogP) is 5.87. The number of ether oxygens (including phenoxy) is 1. The van der Waals surface area contributed by atoms with Gasteiger partial charge in [-0.05, 0) is 52.7 Å². The van der Waals surface area contributed by atoms with E-state index in [0.29, 0.717) is 18.0 Å². The van der Waals surface area contributed by atoms with E-state index >= 15 is 0 Å². The Morgan fingerprint density at radius 2 is 1.77 bits per heavy atom. The van der Waals surface area contributed by atoms with Crippen LogP contribution < -0.4 is 10.1 Å². The molecule has 0 spiro atoms. The van der Waals surface area contributed by atoms with Gasteiger partial charge in [0.1, 0.15) is 18.2 Å². The highest BCUT2D eigenvalue weighted by atomic mass is 19.1. The minimum Gasteiger partial charge on any atom is -0.489 e. The van der Waals surface area contributed by atoms with Crippen LogP contribution in [0.1, 0.15) is 21.5 Å². The number of anilines is 1. The highest BCUT2D eigenvalue weighted by Gasteiger charge is 2.10. The van der Waals surface area contributed by atoms with E-state index in [1.165, 1.54) is 12.1 Å². The summed E-state index contributed by atoms with van der Waals surface area (Å²) in [6.07, 6.45) is 0. The number of carboxylic acid groups (broad SMARTS) is 1. The van der Waals surface area contributed by atoms with Crippen LogP contribution in [0.5, 0.6) is 5.75 Å². The topological polar surface area (TPSA) is 58.6 Å². The van der Waals surface area contributed by atoms with Gasteiger partial charge in [-0.15, -0.1) is 0 Å². The third-order valence-electron chi connectivity index (χ3n) is 4.86. The summed E-state index contributed by atoms with van der Waals surface area (Å²) in [4.78, 5) is 11.2. The third-order valence-corrected chi connectivity index (χ3v) is 4.86. The van der Waals surface area contributed by atoms with Crippen LogP contribution in [0.15, 0.2) is 84.9 Å². The van der Waals surface area contributed by atoms with Gasteiger partial charge in [0.15, 0.2) is 0 Å². The summed E-state index contributed by atoms with van der Waals surface area (Å²) in [5.74, 6) is -0.572. The first kappa shape index (κ1) is 19.5. The van der Waals surface area contributed by atoms with Gasteiger partial charge in [-0.1, -0.05) is 48.5 Å². The van der Waals surface area contributed by atoms with E-state index in [-0.39, 0.29) is 18.0 Å². The number of rotatable bonds is 7. The van der Waals surface area contributed by atoms with Gasteiger partial charge in [0, 0.05) is 17.8 Å². The van der Waals surface area contributed by atoms with Crippen molar-refractivity contribution in [3.8, 4) is 5.75 Å². The van der Waals surface area contributed by atoms with E-state index in [0.717, 1.165) is 21.9 Å². The molecule has 4 aromatic carbocycles. The zero-order valence-electron chi connectivity index (χ0n) is 16.1. The maximum absolute atomic E-state index is 13.5. The Kier molecular flexibility index (Phi) is 5.61. The van der Waals surface area contributed by atoms with Crippen molar-refractivity contribution in [3.05, 3.63) is 107 Å². The van der Waals surface area contributed by atoms with Crippen LogP contribution in [0.2, 0.25) is 0 Å². The summed E-state index contributed by atoms with van der Waals surface area (Å²) in [5, 5.41) is 14.6. The maximum atomic E-state index is 13.5. The van der Waals surface area contributed by atoms with Crippen LogP contribution in [-0.4, -0.2) is 11.1 Å². The molecule has 0 fully saturated rings. The molecule has 0 saturated carbocycles. The normalized spacial score (nSPS) is 10.7. The van der Waals surface area contributed by atoms with E-state index in [2.05, 4.69) is 5.32 Å². The Bertz CT molecular complexity index is 1210. The van der Waals surface area contributed by atoms with E-state index in [9.17, 15) is 14.3 Å². The minimum absolute atomic E-state index is 0.223. The van der Waals surface area contributed by atoms with Crippen molar-refractivity contribution in [2.45, 2.75) is 13.2 Å². The van der Waals surface area contributed by atoms with E-state index in [1.807, 2.05) is 48.5 Å². The van der Waals surface area contributed by atoms with Crippen LogP contribution in [-0.2, 0) is 13.2 Å². The highest BCUT2D eigenvalue weighted by molar-refractivity contribution is 5.89. The first-order chi connectivity index (χ1) is 14.6. The van der Waals surface area contributed by atoms with E-state index < -0.39 is 5.97 Å². The summed E-state index contributed by atoms with van der Waals surface area (Å²) < 4.78 is 19.5. The molecule has 0 aromatic heterocycles. The van der Waals surface area contributed by atoms with E-state index in [4.69, 9.17) is 4.74 Å². The minimum atomic E-state index is -0.970. The van der Waals surface area contributed by atoms with Crippen molar-refractivity contribution in [2.75, 3.05) is 5.32 Å². The summed E-state index contributed by atoms with van der Waals surface area (Å²) in [6, 6.07) is 24.9. The largest absolute Gasteiger partial charge is 0.489 e. The van der Waals surface area contributed by atoms with Crippen LogP contribution >= 0.6 is 0 Å². The maximum Gasteiger partial charge on any atom is 0.335 e. The van der Waals surface area contributed by atoms with Gasteiger partial charge in [-0.25, -0.2) is 9.18 Å². The van der Waals surface area contributed by atoms with Gasteiger partial charge in [0.05, 0.1) is 5.56 Å². The number of hydrogen-bond donors (Lipinski definition) is 2. The number of halogens is 1. The second-order valence-electron chi connectivity index (χ2n) is 6.92. The number of carbonyl (C=O) groups is 1. The predicted molar refractivity (Wildman–Crippen MR) is 115 cm³/mol. The Morgan fingerprint density at radius 3 is 2.60 bits per heavy atom. The molecule has 5 heteroatoms. The third kappa shape index (κ3) is 4.41. The molecule has 4 rings (SSSR count). The molecule has 150 valence electrons. The average Bonchev–Trinajstić information content (AvgIpc) is 2.76. The Labute approximate surface area is 173 Å². The quantitative estimate of drug-likeness (QED) is 0.407. The standard InChI is InChI=1S/C25H20FNO3/c26-20-8-3-5-17(13-20)16-30-24-12-11-18-6-1-2-10-22(18)23(24)15-27-21-9-4-7-19(14-21)25(28)29/h1-14,27H,15-16H2,(H,28,29). The second kappa shape index (κ2) is 8.66. The van der Waals surface area contributed by atoms with Crippen molar-refractivity contribution >= 4 is 22.4 Å². The van der Waals surface area contributed by atoms with Crippen LogP contribution in [0.3, 0.4) is 0 Å². The molecule has 2 N–H and O–H groups in total. The fraction of sp³-hybridized carbons (Fsp3) is 0.0800. The summed E-state index contributed by atoms with van der Waals surface area (Å²) >= 11 is 0. The van der Waals surface area contributed by atoms with Crippen molar-refractivity contribution in [1.82, 2.24) is 0 Å². The lowest BCUT2D eigenvalue weighted by Crippen LogP contribution is -2.05. The van der Waals surface area contributed by atoms with Gasteiger partial charge in [-0.3, -0.25) is 0 Å². The molecule has 0 aliphatic carbocycles.